The second-order valence-corrected chi connectivity index (χ2v) is 9.63. The number of amides is 2. The lowest BCUT2D eigenvalue weighted by Crippen LogP contribution is -2.37. The van der Waals surface area contributed by atoms with Crippen molar-refractivity contribution in [3.05, 3.63) is 87.7 Å². The lowest BCUT2D eigenvalue weighted by Gasteiger charge is -2.26. The molecule has 0 radical (unpaired) electrons. The molecule has 5 rings (SSSR count). The number of imidazole rings is 1. The minimum absolute atomic E-state index is 0.0236. The molecule has 14 heteroatoms. The molecule has 1 saturated heterocycles. The van der Waals surface area contributed by atoms with Gasteiger partial charge in [0.15, 0.2) is 11.3 Å². The average Bonchev–Trinajstić information content (AvgIpc) is 3.53. The van der Waals surface area contributed by atoms with Crippen LogP contribution >= 0.6 is 23.2 Å². The van der Waals surface area contributed by atoms with Crippen LogP contribution in [0.1, 0.15) is 39.0 Å². The topological polar surface area (TPSA) is 105 Å². The molecule has 1 aromatic carbocycles. The summed E-state index contributed by atoms with van der Waals surface area (Å²) in [6, 6.07) is 9.98. The van der Waals surface area contributed by atoms with E-state index in [2.05, 4.69) is 25.7 Å². The van der Waals surface area contributed by atoms with Crippen LogP contribution in [0.2, 0.25) is 10.0 Å². The highest BCUT2D eigenvalue weighted by Gasteiger charge is 2.36. The summed E-state index contributed by atoms with van der Waals surface area (Å²) < 4.78 is 40.6. The highest BCUT2D eigenvalue weighted by molar-refractivity contribution is 6.42. The van der Waals surface area contributed by atoms with Gasteiger partial charge in [-0.2, -0.15) is 0 Å². The molecule has 4 heterocycles. The Bertz CT molecular complexity index is 1550. The lowest BCUT2D eigenvalue weighted by molar-refractivity contribution is 0.0884. The fourth-order valence-corrected chi connectivity index (χ4v) is 4.71. The molecule has 2 amide bonds. The number of alkyl halides is 2. The summed E-state index contributed by atoms with van der Waals surface area (Å²) >= 11 is 11.9. The van der Waals surface area contributed by atoms with E-state index in [9.17, 15) is 22.8 Å². The SMILES string of the molecule is O=C(N[C@H]1C[C@H](c2cccc(F)c2)N(c2ccc3ncc(C(=O)NCC(F)F)n3n2)C1)c1cc(Cl)c(Cl)cn1. The molecule has 0 spiro atoms. The van der Waals surface area contributed by atoms with Gasteiger partial charge in [-0.15, -0.1) is 5.10 Å². The minimum atomic E-state index is -2.71. The molecule has 0 saturated carbocycles. The summed E-state index contributed by atoms with van der Waals surface area (Å²) in [5.74, 6) is -1.23. The number of halogens is 5. The zero-order valence-electron chi connectivity index (χ0n) is 20.0. The van der Waals surface area contributed by atoms with Crippen molar-refractivity contribution in [3.8, 4) is 0 Å². The number of anilines is 1. The Morgan fingerprint density at radius 2 is 1.87 bits per heavy atom. The van der Waals surface area contributed by atoms with E-state index in [4.69, 9.17) is 23.2 Å². The van der Waals surface area contributed by atoms with Crippen LogP contribution in [-0.4, -0.2) is 57.0 Å². The van der Waals surface area contributed by atoms with Crippen LogP contribution in [0, 0.1) is 5.82 Å². The highest BCUT2D eigenvalue weighted by atomic mass is 35.5. The smallest absolute Gasteiger partial charge is 0.271 e. The van der Waals surface area contributed by atoms with E-state index in [1.54, 1.807) is 24.3 Å². The third-order valence-electron chi connectivity index (χ3n) is 6.20. The van der Waals surface area contributed by atoms with Crippen molar-refractivity contribution in [1.82, 2.24) is 30.2 Å². The number of rotatable bonds is 7. The van der Waals surface area contributed by atoms with Crippen molar-refractivity contribution >= 4 is 46.5 Å². The molecule has 1 aliphatic rings. The van der Waals surface area contributed by atoms with Gasteiger partial charge in [0, 0.05) is 18.8 Å². The van der Waals surface area contributed by atoms with Gasteiger partial charge in [0.2, 0.25) is 0 Å². The molecular formula is C25H20Cl2F3N7O2. The van der Waals surface area contributed by atoms with Gasteiger partial charge in [-0.1, -0.05) is 35.3 Å². The van der Waals surface area contributed by atoms with Crippen LogP contribution in [0.4, 0.5) is 19.0 Å². The van der Waals surface area contributed by atoms with Crippen LogP contribution in [-0.2, 0) is 0 Å². The molecule has 0 aliphatic carbocycles. The number of nitrogens with zero attached hydrogens (tertiary/aromatic N) is 5. The van der Waals surface area contributed by atoms with Gasteiger partial charge >= 0.3 is 0 Å². The number of nitrogens with one attached hydrogen (secondary N) is 2. The zero-order chi connectivity index (χ0) is 27.7. The largest absolute Gasteiger partial charge is 0.346 e. The maximum Gasteiger partial charge on any atom is 0.271 e. The molecule has 4 aromatic rings. The highest BCUT2D eigenvalue weighted by Crippen LogP contribution is 2.36. The third-order valence-corrected chi connectivity index (χ3v) is 6.91. The number of hydrogen-bond donors (Lipinski definition) is 2. The number of carbonyl (C=O) groups excluding carboxylic acids is 2. The predicted molar refractivity (Wildman–Crippen MR) is 138 cm³/mol. The molecular weight excluding hydrogens is 558 g/mol. The van der Waals surface area contributed by atoms with Gasteiger partial charge < -0.3 is 15.5 Å². The van der Waals surface area contributed by atoms with Gasteiger partial charge in [-0.05, 0) is 42.3 Å². The third kappa shape index (κ3) is 5.76. The molecule has 202 valence electrons. The molecule has 3 aromatic heterocycles. The van der Waals surface area contributed by atoms with E-state index in [-0.39, 0.29) is 28.0 Å². The Morgan fingerprint density at radius 3 is 2.62 bits per heavy atom. The fourth-order valence-electron chi connectivity index (χ4n) is 4.45. The number of fused-ring (bicyclic) bond motifs is 1. The predicted octanol–water partition coefficient (Wildman–Crippen LogP) is 4.32. The molecule has 1 aliphatic heterocycles. The van der Waals surface area contributed by atoms with Crippen LogP contribution in [0.25, 0.3) is 5.65 Å². The Hall–Kier alpha value is -3.90. The molecule has 2 atom stereocenters. The maximum absolute atomic E-state index is 14.1. The summed E-state index contributed by atoms with van der Waals surface area (Å²) in [6.45, 7) is -0.525. The second-order valence-electron chi connectivity index (χ2n) is 8.82. The summed E-state index contributed by atoms with van der Waals surface area (Å²) in [4.78, 5) is 35.4. The van der Waals surface area contributed by atoms with E-state index in [0.717, 1.165) is 0 Å². The Kier molecular flexibility index (Phi) is 7.58. The van der Waals surface area contributed by atoms with Crippen molar-refractivity contribution in [2.75, 3.05) is 18.0 Å². The molecule has 1 fully saturated rings. The van der Waals surface area contributed by atoms with Gasteiger partial charge in [-0.25, -0.2) is 27.7 Å². The van der Waals surface area contributed by atoms with E-state index in [0.29, 0.717) is 23.4 Å². The Labute approximate surface area is 229 Å². The number of carbonyl (C=O) groups is 2. The normalized spacial score (nSPS) is 17.1. The van der Waals surface area contributed by atoms with Gasteiger partial charge in [0.1, 0.15) is 17.3 Å². The second kappa shape index (κ2) is 11.1. The molecule has 39 heavy (non-hydrogen) atoms. The number of hydrogen-bond acceptors (Lipinski definition) is 6. The zero-order valence-corrected chi connectivity index (χ0v) is 21.5. The van der Waals surface area contributed by atoms with Crippen molar-refractivity contribution in [1.29, 1.82) is 0 Å². The van der Waals surface area contributed by atoms with Crippen LogP contribution < -0.4 is 15.5 Å². The van der Waals surface area contributed by atoms with Gasteiger partial charge in [-0.3, -0.25) is 9.59 Å². The summed E-state index contributed by atoms with van der Waals surface area (Å²) in [6.07, 6.45) is 0.226. The van der Waals surface area contributed by atoms with Crippen LogP contribution in [0.3, 0.4) is 0 Å². The summed E-state index contributed by atoms with van der Waals surface area (Å²) in [7, 11) is 0. The first kappa shape index (κ1) is 26.7. The Morgan fingerprint density at radius 1 is 1.05 bits per heavy atom. The molecule has 0 bridgehead atoms. The Balaban J connectivity index is 1.45. The average molecular weight is 578 g/mol. The van der Waals surface area contributed by atoms with E-state index < -0.39 is 42.7 Å². The fraction of sp³-hybridized carbons (Fsp3) is 0.240. The standard InChI is InChI=1S/C25H20Cl2F3N7O2/c26-16-8-18(31-9-17(16)27)24(38)34-15-7-19(13-2-1-3-14(28)6-13)36(12-15)23-5-4-22-32-10-20(37(22)35-23)25(39)33-11-21(29)30/h1-6,8-10,15,19,21H,7,11-12H2,(H,33,39)(H,34,38)/t15-,19+/m0/s1. The van der Waals surface area contributed by atoms with Crippen LogP contribution in [0.15, 0.2) is 54.9 Å². The van der Waals surface area contributed by atoms with E-state index in [1.807, 2.05) is 4.90 Å². The van der Waals surface area contributed by atoms with Gasteiger partial charge in [0.25, 0.3) is 18.2 Å². The monoisotopic (exact) mass is 577 g/mol. The number of aromatic nitrogens is 4. The first-order valence-corrected chi connectivity index (χ1v) is 12.5. The quantitative estimate of drug-likeness (QED) is 0.339. The molecule has 9 nitrogen and oxygen atoms in total. The first-order valence-electron chi connectivity index (χ1n) is 11.7. The lowest BCUT2D eigenvalue weighted by atomic mass is 10.0. The summed E-state index contributed by atoms with van der Waals surface area (Å²) in [5.41, 5.74) is 1.05. The molecule has 0 unspecified atom stereocenters. The van der Waals surface area contributed by atoms with E-state index >= 15 is 0 Å². The van der Waals surface area contributed by atoms with Gasteiger partial charge in [0.05, 0.1) is 28.8 Å². The molecule has 2 N–H and O–H groups in total. The maximum atomic E-state index is 14.1. The van der Waals surface area contributed by atoms with Crippen molar-refractivity contribution < 1.29 is 22.8 Å². The minimum Gasteiger partial charge on any atom is -0.346 e. The van der Waals surface area contributed by atoms with E-state index in [1.165, 1.54) is 35.1 Å². The number of benzene rings is 1. The summed E-state index contributed by atoms with van der Waals surface area (Å²) in [5, 5.41) is 10.0. The first-order chi connectivity index (χ1) is 18.7. The van der Waals surface area contributed by atoms with Crippen molar-refractivity contribution in [3.63, 3.8) is 0 Å². The number of pyridine rings is 1. The van der Waals surface area contributed by atoms with Crippen molar-refractivity contribution in [2.24, 2.45) is 0 Å². The van der Waals surface area contributed by atoms with Crippen molar-refractivity contribution in [2.45, 2.75) is 24.9 Å². The van der Waals surface area contributed by atoms with Crippen LogP contribution in [0.5, 0.6) is 0 Å².